The number of ether oxygens (including phenoxy) is 1. The Bertz CT molecular complexity index is 1070. The van der Waals surface area contributed by atoms with E-state index in [2.05, 4.69) is 25.4 Å². The van der Waals surface area contributed by atoms with Gasteiger partial charge in [0.1, 0.15) is 5.69 Å². The lowest BCUT2D eigenvalue weighted by molar-refractivity contribution is -0.384. The maximum Gasteiger partial charge on any atom is 0.291 e. The maximum atomic E-state index is 12.2. The Hall–Kier alpha value is -3.92. The first-order chi connectivity index (χ1) is 15.6. The first-order valence-corrected chi connectivity index (χ1v) is 10.2. The van der Waals surface area contributed by atoms with Crippen molar-refractivity contribution < 1.29 is 14.5 Å². The minimum absolute atomic E-state index is 0.0641. The van der Waals surface area contributed by atoms with Crippen LogP contribution in [0.15, 0.2) is 64.8 Å². The normalized spacial score (nSPS) is 17.9. The molecule has 0 atom stereocenters. The quantitative estimate of drug-likeness (QED) is 0.421. The van der Waals surface area contributed by atoms with Crippen LogP contribution in [0.5, 0.6) is 0 Å². The third-order valence-corrected chi connectivity index (χ3v) is 5.23. The number of nitro groups is 1. The molecule has 0 radical (unpaired) electrons. The number of benzene rings is 1. The summed E-state index contributed by atoms with van der Waals surface area (Å²) in [7, 11) is 0. The van der Waals surface area contributed by atoms with Crippen molar-refractivity contribution >= 4 is 23.9 Å². The number of non-ortho nitro benzene ring substituents is 1. The van der Waals surface area contributed by atoms with Gasteiger partial charge < -0.3 is 9.64 Å². The van der Waals surface area contributed by atoms with Gasteiger partial charge in [0, 0.05) is 43.3 Å². The van der Waals surface area contributed by atoms with E-state index in [1.807, 2.05) is 6.08 Å². The Morgan fingerprint density at radius 1 is 1.19 bits per heavy atom. The number of nitrogens with one attached hydrogen (secondary N) is 1. The van der Waals surface area contributed by atoms with Gasteiger partial charge in [-0.15, -0.1) is 0 Å². The number of nitrogens with zero attached hydrogens (tertiary/aromatic N) is 5. The zero-order chi connectivity index (χ0) is 22.3. The average molecular weight is 434 g/mol. The van der Waals surface area contributed by atoms with E-state index in [1.54, 1.807) is 18.3 Å². The molecule has 2 aliphatic rings. The first kappa shape index (κ1) is 21.3. The monoisotopic (exact) mass is 434 g/mol. The third-order valence-electron chi connectivity index (χ3n) is 5.23. The molecule has 32 heavy (non-hydrogen) atoms. The molecule has 0 spiro atoms. The molecule has 0 saturated carbocycles. The van der Waals surface area contributed by atoms with Gasteiger partial charge in [0.05, 0.1) is 30.5 Å². The van der Waals surface area contributed by atoms with Crippen LogP contribution in [0.25, 0.3) is 6.08 Å². The molecule has 0 unspecified atom stereocenters. The zero-order valence-electron chi connectivity index (χ0n) is 17.3. The second-order valence-electron chi connectivity index (χ2n) is 7.28. The largest absolute Gasteiger partial charge is 0.378 e. The molecular weight excluding hydrogens is 412 g/mol. The summed E-state index contributed by atoms with van der Waals surface area (Å²) >= 11 is 0. The van der Waals surface area contributed by atoms with Gasteiger partial charge in [0.25, 0.3) is 11.6 Å². The highest BCUT2D eigenvalue weighted by atomic mass is 16.6. The summed E-state index contributed by atoms with van der Waals surface area (Å²) in [6.07, 6.45) is 9.63. The lowest BCUT2D eigenvalue weighted by Gasteiger charge is -2.31. The van der Waals surface area contributed by atoms with Gasteiger partial charge in [-0.25, -0.2) is 10.4 Å². The van der Waals surface area contributed by atoms with E-state index in [-0.39, 0.29) is 11.4 Å². The highest BCUT2D eigenvalue weighted by Gasteiger charge is 2.25. The van der Waals surface area contributed by atoms with E-state index >= 15 is 0 Å². The molecule has 1 N–H and O–H groups in total. The Kier molecular flexibility index (Phi) is 6.61. The van der Waals surface area contributed by atoms with Crippen LogP contribution >= 0.6 is 0 Å². The summed E-state index contributed by atoms with van der Waals surface area (Å²) in [6.45, 7) is 2.80. The smallest absolute Gasteiger partial charge is 0.291 e. The number of morpholine rings is 1. The highest BCUT2D eigenvalue weighted by molar-refractivity contribution is 5.93. The minimum atomic E-state index is -0.428. The Morgan fingerprint density at radius 2 is 1.97 bits per heavy atom. The summed E-state index contributed by atoms with van der Waals surface area (Å²) in [4.78, 5) is 32.8. The number of aromatic nitrogens is 2. The van der Waals surface area contributed by atoms with Gasteiger partial charge in [-0.1, -0.05) is 0 Å². The van der Waals surface area contributed by atoms with Crippen molar-refractivity contribution in [2.75, 3.05) is 26.3 Å². The molecule has 164 valence electrons. The second kappa shape index (κ2) is 9.92. The molecule has 1 fully saturated rings. The molecule has 0 bridgehead atoms. The molecule has 1 aromatic carbocycles. The molecule has 10 heteroatoms. The molecule has 2 heterocycles. The van der Waals surface area contributed by atoms with Crippen LogP contribution in [0.3, 0.4) is 0 Å². The molecule has 10 nitrogen and oxygen atoms in total. The standard InChI is InChI=1S/C22H22N6O4/c29-22(20-15-23-7-8-24-20)26-25-14-18-4-3-17(21(18)27-9-11-32-12-10-27)13-16-1-5-19(6-2-16)28(30)31/h1-2,5-8,13-15H,3-4,9-12H2,(H,26,29)/b17-13+,25-14+. The van der Waals surface area contributed by atoms with E-state index in [9.17, 15) is 14.9 Å². The van der Waals surface area contributed by atoms with Gasteiger partial charge in [0.2, 0.25) is 0 Å². The van der Waals surface area contributed by atoms with Crippen LogP contribution in [-0.2, 0) is 4.74 Å². The third kappa shape index (κ3) is 5.03. The summed E-state index contributed by atoms with van der Waals surface area (Å²) < 4.78 is 5.49. The molecule has 1 aliphatic heterocycles. The topological polar surface area (TPSA) is 123 Å². The average Bonchev–Trinajstić information content (AvgIpc) is 3.22. The van der Waals surface area contributed by atoms with Crippen molar-refractivity contribution in [1.29, 1.82) is 0 Å². The molecule has 1 amide bonds. The first-order valence-electron chi connectivity index (χ1n) is 10.2. The Balaban J connectivity index is 1.57. The van der Waals surface area contributed by atoms with Crippen LogP contribution in [0.4, 0.5) is 5.69 Å². The molecular formula is C22H22N6O4. The van der Waals surface area contributed by atoms with Crippen LogP contribution in [-0.4, -0.2) is 58.2 Å². The summed E-state index contributed by atoms with van der Waals surface area (Å²) in [5.74, 6) is -0.428. The van der Waals surface area contributed by atoms with Crippen molar-refractivity contribution in [1.82, 2.24) is 20.3 Å². The minimum Gasteiger partial charge on any atom is -0.378 e. The number of carbonyl (C=O) groups is 1. The SMILES string of the molecule is O=C(N/N=C/C1=C(N2CCOCC2)C(=C/c2ccc([N+](=O)[O-])cc2)/CC1)c1cnccn1. The van der Waals surface area contributed by atoms with Gasteiger partial charge in [-0.2, -0.15) is 5.10 Å². The summed E-state index contributed by atoms with van der Waals surface area (Å²) in [5.41, 5.74) is 6.86. The Labute approximate surface area is 184 Å². The number of nitro benzene ring substituents is 1. The van der Waals surface area contributed by atoms with E-state index in [4.69, 9.17) is 4.74 Å². The molecule has 1 aromatic heterocycles. The lowest BCUT2D eigenvalue weighted by Crippen LogP contribution is -2.36. The van der Waals surface area contributed by atoms with Gasteiger partial charge >= 0.3 is 0 Å². The molecule has 1 saturated heterocycles. The molecule has 4 rings (SSSR count). The van der Waals surface area contributed by atoms with E-state index in [0.29, 0.717) is 13.2 Å². The van der Waals surface area contributed by atoms with Crippen LogP contribution in [0.1, 0.15) is 28.9 Å². The van der Waals surface area contributed by atoms with Crippen molar-refractivity contribution in [3.8, 4) is 0 Å². The number of carbonyl (C=O) groups excluding carboxylic acids is 1. The van der Waals surface area contributed by atoms with Crippen LogP contribution in [0, 0.1) is 10.1 Å². The maximum absolute atomic E-state index is 12.2. The number of hydrogen-bond donors (Lipinski definition) is 1. The van der Waals surface area contributed by atoms with Gasteiger partial charge in [-0.05, 0) is 47.8 Å². The fourth-order valence-electron chi connectivity index (χ4n) is 3.71. The predicted octanol–water partition coefficient (Wildman–Crippen LogP) is 2.56. The number of hydrogen-bond acceptors (Lipinski definition) is 8. The Morgan fingerprint density at radius 3 is 2.66 bits per heavy atom. The van der Waals surface area contributed by atoms with Crippen LogP contribution < -0.4 is 5.43 Å². The molecule has 2 aromatic rings. The summed E-state index contributed by atoms with van der Waals surface area (Å²) in [6, 6.07) is 6.50. The van der Waals surface area contributed by atoms with E-state index in [0.717, 1.165) is 48.3 Å². The fraction of sp³-hybridized carbons (Fsp3) is 0.273. The summed E-state index contributed by atoms with van der Waals surface area (Å²) in [5, 5.41) is 15.0. The zero-order valence-corrected chi connectivity index (χ0v) is 17.3. The van der Waals surface area contributed by atoms with Crippen LogP contribution in [0.2, 0.25) is 0 Å². The van der Waals surface area contributed by atoms with Gasteiger partial charge in [0.15, 0.2) is 0 Å². The van der Waals surface area contributed by atoms with Gasteiger partial charge in [-0.3, -0.25) is 19.9 Å². The molecule has 1 aliphatic carbocycles. The predicted molar refractivity (Wildman–Crippen MR) is 118 cm³/mol. The van der Waals surface area contributed by atoms with E-state index in [1.165, 1.54) is 30.7 Å². The van der Waals surface area contributed by atoms with E-state index < -0.39 is 10.8 Å². The number of allylic oxidation sites excluding steroid dienone is 2. The number of amides is 1. The van der Waals surface area contributed by atoms with Crippen molar-refractivity contribution in [2.45, 2.75) is 12.8 Å². The van der Waals surface area contributed by atoms with Crippen molar-refractivity contribution in [2.24, 2.45) is 5.10 Å². The second-order valence-corrected chi connectivity index (χ2v) is 7.28. The lowest BCUT2D eigenvalue weighted by atomic mass is 10.1. The number of rotatable bonds is 6. The van der Waals surface area contributed by atoms with Crippen molar-refractivity contribution in [3.05, 3.63) is 81.1 Å². The van der Waals surface area contributed by atoms with Crippen molar-refractivity contribution in [3.63, 3.8) is 0 Å². The number of hydrazone groups is 1. The highest BCUT2D eigenvalue weighted by Crippen LogP contribution is 2.35. The fourth-order valence-corrected chi connectivity index (χ4v) is 3.71.